The van der Waals surface area contributed by atoms with Crippen LogP contribution in [-0.4, -0.2) is 21.6 Å². The lowest BCUT2D eigenvalue weighted by atomic mass is 9.97. The van der Waals surface area contributed by atoms with Crippen LogP contribution in [-0.2, 0) is 0 Å². The summed E-state index contributed by atoms with van der Waals surface area (Å²) >= 11 is 0. The van der Waals surface area contributed by atoms with Gasteiger partial charge in [0.05, 0.1) is 12.0 Å². The third kappa shape index (κ3) is 3.59. The van der Waals surface area contributed by atoms with Crippen molar-refractivity contribution in [2.24, 2.45) is 0 Å². The van der Waals surface area contributed by atoms with Gasteiger partial charge in [0.2, 0.25) is 5.95 Å². The second-order valence-electron chi connectivity index (χ2n) is 7.08. The van der Waals surface area contributed by atoms with Gasteiger partial charge >= 0.3 is 0 Å². The largest absolute Gasteiger partial charge is 0.494 e. The van der Waals surface area contributed by atoms with Crippen LogP contribution in [0.1, 0.15) is 6.92 Å². The van der Waals surface area contributed by atoms with E-state index in [2.05, 4.69) is 38.5 Å². The van der Waals surface area contributed by atoms with Crippen LogP contribution in [0.2, 0.25) is 0 Å². The fraction of sp³-hybridized carbons (Fsp3) is 0.0800. The summed E-state index contributed by atoms with van der Waals surface area (Å²) in [5.41, 5.74) is 2.72. The van der Waals surface area contributed by atoms with Crippen molar-refractivity contribution in [3.63, 3.8) is 0 Å². The van der Waals surface area contributed by atoms with Gasteiger partial charge in [-0.3, -0.25) is 9.78 Å². The second kappa shape index (κ2) is 7.91. The molecule has 6 nitrogen and oxygen atoms in total. The zero-order valence-electron chi connectivity index (χ0n) is 16.9. The molecule has 5 rings (SSSR count). The van der Waals surface area contributed by atoms with Crippen LogP contribution in [0.25, 0.3) is 32.9 Å². The molecule has 0 saturated heterocycles. The fourth-order valence-corrected chi connectivity index (χ4v) is 3.75. The van der Waals surface area contributed by atoms with Gasteiger partial charge in [0.25, 0.3) is 5.56 Å². The molecule has 6 heteroatoms. The average molecular weight is 408 g/mol. The summed E-state index contributed by atoms with van der Waals surface area (Å²) < 4.78 is 5.46. The second-order valence-corrected chi connectivity index (χ2v) is 7.08. The highest BCUT2D eigenvalue weighted by Crippen LogP contribution is 2.31. The minimum Gasteiger partial charge on any atom is -0.494 e. The first-order chi connectivity index (χ1) is 15.2. The van der Waals surface area contributed by atoms with Gasteiger partial charge in [-0.1, -0.05) is 42.5 Å². The Balaban J connectivity index is 1.58. The molecule has 0 saturated carbocycles. The molecule has 0 bridgehead atoms. The van der Waals surface area contributed by atoms with Crippen LogP contribution < -0.4 is 15.6 Å². The molecule has 0 spiro atoms. The Hall–Kier alpha value is -4.19. The highest BCUT2D eigenvalue weighted by Gasteiger charge is 2.13. The molecule has 2 N–H and O–H groups in total. The number of aromatic nitrogens is 3. The molecule has 0 atom stereocenters. The lowest BCUT2D eigenvalue weighted by molar-refractivity contribution is 0.340. The maximum atomic E-state index is 13.1. The lowest BCUT2D eigenvalue weighted by Gasteiger charge is -2.11. The quantitative estimate of drug-likeness (QED) is 0.414. The van der Waals surface area contributed by atoms with Crippen molar-refractivity contribution in [3.05, 3.63) is 89.3 Å². The van der Waals surface area contributed by atoms with Crippen LogP contribution in [0, 0.1) is 0 Å². The normalized spacial score (nSPS) is 11.0. The molecule has 0 amide bonds. The van der Waals surface area contributed by atoms with Crippen LogP contribution >= 0.6 is 0 Å². The number of hydrogen-bond donors (Lipinski definition) is 2. The number of pyridine rings is 1. The summed E-state index contributed by atoms with van der Waals surface area (Å²) in [6.45, 7) is 2.55. The predicted octanol–water partition coefficient (Wildman–Crippen LogP) is 5.28. The zero-order valence-corrected chi connectivity index (χ0v) is 16.9. The number of hydrogen-bond acceptors (Lipinski definition) is 5. The molecule has 152 valence electrons. The van der Waals surface area contributed by atoms with Crippen molar-refractivity contribution in [2.75, 3.05) is 11.9 Å². The minimum absolute atomic E-state index is 0.241. The number of rotatable bonds is 5. The number of ether oxygens (including phenoxy) is 1. The van der Waals surface area contributed by atoms with Gasteiger partial charge in [-0.05, 0) is 53.6 Å². The highest BCUT2D eigenvalue weighted by molar-refractivity contribution is 6.03. The topological polar surface area (TPSA) is 79.9 Å². The van der Waals surface area contributed by atoms with E-state index in [1.54, 1.807) is 6.20 Å². The Morgan fingerprint density at radius 1 is 0.935 bits per heavy atom. The third-order valence-corrected chi connectivity index (χ3v) is 5.12. The van der Waals surface area contributed by atoms with Crippen LogP contribution in [0.4, 0.5) is 11.6 Å². The van der Waals surface area contributed by atoms with E-state index >= 15 is 0 Å². The van der Waals surface area contributed by atoms with Gasteiger partial charge in [-0.25, -0.2) is 4.98 Å². The number of benzene rings is 3. The maximum Gasteiger partial charge on any atom is 0.262 e. The van der Waals surface area contributed by atoms with Crippen molar-refractivity contribution in [2.45, 2.75) is 6.92 Å². The van der Waals surface area contributed by atoms with E-state index in [0.717, 1.165) is 33.3 Å². The molecule has 31 heavy (non-hydrogen) atoms. The molecule has 0 aliphatic rings. The number of H-pyrrole nitrogens is 1. The van der Waals surface area contributed by atoms with Gasteiger partial charge < -0.3 is 10.1 Å². The lowest BCUT2D eigenvalue weighted by Crippen LogP contribution is -2.13. The van der Waals surface area contributed by atoms with Crippen molar-refractivity contribution >= 4 is 33.4 Å². The van der Waals surface area contributed by atoms with Crippen molar-refractivity contribution in [1.29, 1.82) is 0 Å². The molecule has 2 heterocycles. The van der Waals surface area contributed by atoms with Gasteiger partial charge in [0, 0.05) is 17.4 Å². The molecule has 0 fully saturated rings. The summed E-state index contributed by atoms with van der Waals surface area (Å²) in [5.74, 6) is 1.12. The number of nitrogens with zero attached hydrogens (tertiary/aromatic N) is 2. The number of fused-ring (bicyclic) bond motifs is 2. The average Bonchev–Trinajstić information content (AvgIpc) is 2.80. The Kier molecular flexibility index (Phi) is 4.80. The van der Waals surface area contributed by atoms with Crippen LogP contribution in [0.15, 0.2) is 83.8 Å². The van der Waals surface area contributed by atoms with Crippen molar-refractivity contribution in [1.82, 2.24) is 15.0 Å². The monoisotopic (exact) mass is 408 g/mol. The Labute approximate surface area is 178 Å². The van der Waals surface area contributed by atoms with E-state index in [4.69, 9.17) is 4.74 Å². The first kappa shape index (κ1) is 18.8. The van der Waals surface area contributed by atoms with Crippen LogP contribution in [0.3, 0.4) is 0 Å². The number of anilines is 2. The van der Waals surface area contributed by atoms with E-state index in [1.807, 2.05) is 61.5 Å². The fourth-order valence-electron chi connectivity index (χ4n) is 3.75. The van der Waals surface area contributed by atoms with E-state index in [0.29, 0.717) is 23.6 Å². The van der Waals surface area contributed by atoms with Gasteiger partial charge in [0.1, 0.15) is 5.75 Å². The summed E-state index contributed by atoms with van der Waals surface area (Å²) in [4.78, 5) is 24.8. The number of aromatic amines is 1. The van der Waals surface area contributed by atoms with Gasteiger partial charge in [-0.2, -0.15) is 4.98 Å². The highest BCUT2D eigenvalue weighted by atomic mass is 16.5. The smallest absolute Gasteiger partial charge is 0.262 e. The number of nitrogens with one attached hydrogen (secondary N) is 2. The minimum atomic E-state index is -0.241. The van der Waals surface area contributed by atoms with Crippen molar-refractivity contribution in [3.8, 4) is 16.9 Å². The van der Waals surface area contributed by atoms with E-state index in [-0.39, 0.29) is 5.56 Å². The van der Waals surface area contributed by atoms with Crippen LogP contribution in [0.5, 0.6) is 5.75 Å². The summed E-state index contributed by atoms with van der Waals surface area (Å²) in [5, 5.41) is 5.79. The van der Waals surface area contributed by atoms with Gasteiger partial charge in [-0.15, -0.1) is 0 Å². The van der Waals surface area contributed by atoms with E-state index < -0.39 is 0 Å². The summed E-state index contributed by atoms with van der Waals surface area (Å²) in [7, 11) is 0. The molecule has 0 aliphatic carbocycles. The first-order valence-electron chi connectivity index (χ1n) is 10.1. The Bertz CT molecular complexity index is 1440. The maximum absolute atomic E-state index is 13.1. The molecule has 0 aliphatic heterocycles. The summed E-state index contributed by atoms with van der Waals surface area (Å²) in [6, 6.07) is 23.5. The molecule has 0 unspecified atom stereocenters. The summed E-state index contributed by atoms with van der Waals surface area (Å²) in [6.07, 6.45) is 1.69. The van der Waals surface area contributed by atoms with E-state index in [1.165, 1.54) is 0 Å². The molecule has 2 aromatic heterocycles. The van der Waals surface area contributed by atoms with E-state index in [9.17, 15) is 4.79 Å². The first-order valence-corrected chi connectivity index (χ1v) is 10.1. The zero-order chi connectivity index (χ0) is 21.2. The molecular weight excluding hydrogens is 388 g/mol. The molecule has 0 radical (unpaired) electrons. The van der Waals surface area contributed by atoms with Crippen molar-refractivity contribution < 1.29 is 4.74 Å². The SMILES string of the molecule is CCOc1ccc(Nc2nc3nccc(-c4cccc5ccccc45)c3c(=O)[nH]2)cc1. The molecular formula is C25H20N4O2. The predicted molar refractivity (Wildman–Crippen MR) is 124 cm³/mol. The molecule has 3 aromatic carbocycles. The molecule has 5 aromatic rings. The Morgan fingerprint density at radius 3 is 2.58 bits per heavy atom. The Morgan fingerprint density at radius 2 is 1.74 bits per heavy atom. The standard InChI is InChI=1S/C25H20N4O2/c1-2-31-18-12-10-17(11-13-18)27-25-28-23-22(24(30)29-25)21(14-15-26-23)20-9-5-7-16-6-3-4-8-19(16)20/h3-15H,2H2,1H3,(H2,26,27,28,29,30). The third-order valence-electron chi connectivity index (χ3n) is 5.12. The van der Waals surface area contributed by atoms with Gasteiger partial charge in [0.15, 0.2) is 5.65 Å².